The second-order valence-corrected chi connectivity index (χ2v) is 9.56. The molecule has 1 atom stereocenters. The molecule has 8 heteroatoms. The highest BCUT2D eigenvalue weighted by molar-refractivity contribution is 7.92. The zero-order valence-electron chi connectivity index (χ0n) is 15.2. The molecule has 0 saturated heterocycles. The summed E-state index contributed by atoms with van der Waals surface area (Å²) in [7, 11) is -1.65. The summed E-state index contributed by atoms with van der Waals surface area (Å²) in [5.41, 5.74) is 2.82. The molecule has 2 aromatic carbocycles. The van der Waals surface area contributed by atoms with Gasteiger partial charge < -0.3 is 4.90 Å². The summed E-state index contributed by atoms with van der Waals surface area (Å²) in [5.74, 6) is -0.158. The Balaban J connectivity index is 1.83. The third-order valence-corrected chi connectivity index (χ3v) is 6.46. The van der Waals surface area contributed by atoms with E-state index in [1.807, 2.05) is 6.92 Å². The van der Waals surface area contributed by atoms with Gasteiger partial charge in [-0.3, -0.25) is 9.10 Å². The number of benzene rings is 2. The van der Waals surface area contributed by atoms with Gasteiger partial charge in [0.2, 0.25) is 10.0 Å². The number of fused-ring (bicyclic) bond motifs is 1. The number of nitrogens with zero attached hydrogens (tertiary/aromatic N) is 2. The topological polar surface area (TPSA) is 57.7 Å². The van der Waals surface area contributed by atoms with Gasteiger partial charge in [-0.25, -0.2) is 8.42 Å². The minimum absolute atomic E-state index is 0.158. The molecular weight excluding hydrogens is 407 g/mol. The quantitative estimate of drug-likeness (QED) is 0.742. The predicted octanol–water partition coefficient (Wildman–Crippen LogP) is 3.98. The van der Waals surface area contributed by atoms with Crippen LogP contribution in [0.1, 0.15) is 28.4 Å². The molecule has 1 aliphatic heterocycles. The van der Waals surface area contributed by atoms with Crippen molar-refractivity contribution in [1.82, 2.24) is 4.90 Å². The predicted molar refractivity (Wildman–Crippen MR) is 109 cm³/mol. The largest absolute Gasteiger partial charge is 0.337 e. The van der Waals surface area contributed by atoms with Gasteiger partial charge >= 0.3 is 0 Å². The van der Waals surface area contributed by atoms with E-state index in [1.165, 1.54) is 10.6 Å². The number of hydrogen-bond donors (Lipinski definition) is 0. The molecule has 1 amide bonds. The number of halogens is 2. The van der Waals surface area contributed by atoms with Crippen LogP contribution in [0.3, 0.4) is 0 Å². The van der Waals surface area contributed by atoms with Crippen molar-refractivity contribution in [2.24, 2.45) is 0 Å². The van der Waals surface area contributed by atoms with Gasteiger partial charge in [-0.1, -0.05) is 29.3 Å². The second kappa shape index (κ2) is 7.34. The molecule has 1 aliphatic rings. The van der Waals surface area contributed by atoms with Gasteiger partial charge in [-0.2, -0.15) is 0 Å². The molecule has 0 fully saturated rings. The van der Waals surface area contributed by atoms with E-state index >= 15 is 0 Å². The van der Waals surface area contributed by atoms with Gasteiger partial charge in [-0.15, -0.1) is 0 Å². The van der Waals surface area contributed by atoms with Crippen LogP contribution in [0.2, 0.25) is 10.0 Å². The van der Waals surface area contributed by atoms with Crippen molar-refractivity contribution in [3.8, 4) is 0 Å². The van der Waals surface area contributed by atoms with Crippen LogP contribution in [-0.4, -0.2) is 38.6 Å². The van der Waals surface area contributed by atoms with Crippen LogP contribution >= 0.6 is 23.2 Å². The molecule has 0 aromatic heterocycles. The number of carbonyl (C=O) groups is 1. The van der Waals surface area contributed by atoms with E-state index in [0.29, 0.717) is 34.3 Å². The summed E-state index contributed by atoms with van der Waals surface area (Å²) in [5, 5.41) is 1.05. The first kappa shape index (κ1) is 20.0. The highest BCUT2D eigenvalue weighted by Crippen LogP contribution is 2.35. The van der Waals surface area contributed by atoms with E-state index in [9.17, 15) is 13.2 Å². The minimum atomic E-state index is -3.35. The van der Waals surface area contributed by atoms with Crippen molar-refractivity contribution in [3.05, 3.63) is 63.1 Å². The normalized spacial score (nSPS) is 16.3. The van der Waals surface area contributed by atoms with Gasteiger partial charge in [0.25, 0.3) is 5.91 Å². The Morgan fingerprint density at radius 3 is 2.56 bits per heavy atom. The Bertz CT molecular complexity index is 1010. The Morgan fingerprint density at radius 1 is 1.22 bits per heavy atom. The fraction of sp³-hybridized carbons (Fsp3) is 0.316. The van der Waals surface area contributed by atoms with Crippen molar-refractivity contribution < 1.29 is 13.2 Å². The van der Waals surface area contributed by atoms with Crippen LogP contribution in [0.5, 0.6) is 0 Å². The lowest BCUT2D eigenvalue weighted by Gasteiger charge is -2.22. The number of carbonyl (C=O) groups excluding carboxylic acids is 1. The van der Waals surface area contributed by atoms with Crippen LogP contribution in [0, 0.1) is 0 Å². The summed E-state index contributed by atoms with van der Waals surface area (Å²) >= 11 is 12.1. The lowest BCUT2D eigenvalue weighted by Crippen LogP contribution is -2.34. The molecule has 1 heterocycles. The molecule has 0 bridgehead atoms. The lowest BCUT2D eigenvalue weighted by atomic mass is 10.1. The fourth-order valence-electron chi connectivity index (χ4n) is 3.44. The molecule has 0 aliphatic carbocycles. The lowest BCUT2D eigenvalue weighted by molar-refractivity contribution is 0.0785. The zero-order chi connectivity index (χ0) is 19.9. The number of rotatable bonds is 4. The van der Waals surface area contributed by atoms with E-state index in [4.69, 9.17) is 23.2 Å². The van der Waals surface area contributed by atoms with Gasteiger partial charge in [0.15, 0.2) is 0 Å². The summed E-state index contributed by atoms with van der Waals surface area (Å²) in [4.78, 5) is 14.4. The Labute approximate surface area is 169 Å². The average molecular weight is 427 g/mol. The second-order valence-electron chi connectivity index (χ2n) is 6.85. The summed E-state index contributed by atoms with van der Waals surface area (Å²) in [6.45, 7) is 2.20. The van der Waals surface area contributed by atoms with Crippen LogP contribution < -0.4 is 4.31 Å². The van der Waals surface area contributed by atoms with Gasteiger partial charge in [-0.05, 0) is 54.8 Å². The molecule has 2 aromatic rings. The molecular formula is C19H20Cl2N2O3S. The van der Waals surface area contributed by atoms with E-state index in [-0.39, 0.29) is 11.9 Å². The minimum Gasteiger partial charge on any atom is -0.337 e. The highest BCUT2D eigenvalue weighted by atomic mass is 35.5. The molecule has 0 spiro atoms. The van der Waals surface area contributed by atoms with Gasteiger partial charge in [0.05, 0.1) is 11.9 Å². The average Bonchev–Trinajstić information content (AvgIpc) is 2.91. The van der Waals surface area contributed by atoms with Crippen molar-refractivity contribution in [2.45, 2.75) is 25.9 Å². The Morgan fingerprint density at radius 2 is 1.93 bits per heavy atom. The summed E-state index contributed by atoms with van der Waals surface area (Å²) < 4.78 is 25.5. The molecule has 27 heavy (non-hydrogen) atoms. The molecule has 0 unspecified atom stereocenters. The number of hydrogen-bond acceptors (Lipinski definition) is 3. The molecule has 0 saturated carbocycles. The first-order valence-electron chi connectivity index (χ1n) is 8.39. The SMILES string of the molecule is C[C@@H]1Cc2cc(C(=O)N(C)Cc3ccc(Cl)cc3Cl)ccc2N1S(C)(=O)=O. The van der Waals surface area contributed by atoms with Gasteiger partial charge in [0.1, 0.15) is 0 Å². The van der Waals surface area contributed by atoms with Crippen molar-refractivity contribution in [2.75, 3.05) is 17.6 Å². The summed E-state index contributed by atoms with van der Waals surface area (Å²) in [6.07, 6.45) is 1.78. The van der Waals surface area contributed by atoms with E-state index < -0.39 is 10.0 Å². The maximum atomic E-state index is 12.8. The van der Waals surface area contributed by atoms with Crippen LogP contribution in [0.4, 0.5) is 5.69 Å². The van der Waals surface area contributed by atoms with Crippen LogP contribution in [0.25, 0.3) is 0 Å². The fourth-order valence-corrected chi connectivity index (χ4v) is 5.17. The van der Waals surface area contributed by atoms with Crippen LogP contribution in [0.15, 0.2) is 36.4 Å². The molecule has 5 nitrogen and oxygen atoms in total. The zero-order valence-corrected chi connectivity index (χ0v) is 17.6. The maximum Gasteiger partial charge on any atom is 0.253 e. The monoisotopic (exact) mass is 426 g/mol. The van der Waals surface area contributed by atoms with E-state index in [2.05, 4.69) is 0 Å². The smallest absolute Gasteiger partial charge is 0.253 e. The molecule has 144 valence electrons. The Hall–Kier alpha value is -1.76. The first-order chi connectivity index (χ1) is 12.6. The number of amides is 1. The molecule has 0 N–H and O–H groups in total. The van der Waals surface area contributed by atoms with Crippen LogP contribution in [-0.2, 0) is 23.0 Å². The van der Waals surface area contributed by atoms with E-state index in [1.54, 1.807) is 48.3 Å². The third-order valence-electron chi connectivity index (χ3n) is 4.61. The summed E-state index contributed by atoms with van der Waals surface area (Å²) in [6, 6.07) is 10.2. The van der Waals surface area contributed by atoms with Crippen molar-refractivity contribution >= 4 is 44.8 Å². The van der Waals surface area contributed by atoms with Crippen molar-refractivity contribution in [1.29, 1.82) is 0 Å². The third kappa shape index (κ3) is 4.08. The van der Waals surface area contributed by atoms with Gasteiger partial charge in [0, 0.05) is 35.2 Å². The molecule has 3 rings (SSSR count). The number of sulfonamides is 1. The highest BCUT2D eigenvalue weighted by Gasteiger charge is 2.33. The Kier molecular flexibility index (Phi) is 5.43. The molecule has 0 radical (unpaired) electrons. The van der Waals surface area contributed by atoms with E-state index in [0.717, 1.165) is 11.1 Å². The van der Waals surface area contributed by atoms with Crippen molar-refractivity contribution in [3.63, 3.8) is 0 Å². The first-order valence-corrected chi connectivity index (χ1v) is 11.0. The standard InChI is InChI=1S/C19H20Cl2N2O3S/c1-12-8-15-9-13(5-7-18(15)23(12)27(3,25)26)19(24)22(2)11-14-4-6-16(20)10-17(14)21/h4-7,9-10,12H,8,11H2,1-3H3/t12-/m1/s1. The maximum absolute atomic E-state index is 12.8. The number of anilines is 1.